The van der Waals surface area contributed by atoms with E-state index >= 15 is 0 Å². The number of rotatable bonds is 2. The van der Waals surface area contributed by atoms with Crippen molar-refractivity contribution in [2.75, 3.05) is 32.0 Å². The van der Waals surface area contributed by atoms with Crippen molar-refractivity contribution < 1.29 is 4.79 Å². The first-order chi connectivity index (χ1) is 8.72. The SMILES string of the molecule is CN1CCc2nc(NC(=O)C3CCNC3)sc2C1. The second kappa shape index (κ2) is 4.95. The standard InChI is InChI=1S/C12H18N4OS/c1-16-5-3-9-10(7-16)18-12(14-9)15-11(17)8-2-4-13-6-8/h8,13H,2-7H2,1H3,(H,14,15,17). The Bertz CT molecular complexity index is 453. The van der Waals surface area contributed by atoms with Crippen LogP contribution in [-0.4, -0.2) is 42.5 Å². The van der Waals surface area contributed by atoms with Gasteiger partial charge in [-0.3, -0.25) is 4.79 Å². The molecule has 98 valence electrons. The van der Waals surface area contributed by atoms with Gasteiger partial charge in [-0.2, -0.15) is 0 Å². The van der Waals surface area contributed by atoms with Crippen LogP contribution in [-0.2, 0) is 17.8 Å². The normalized spacial score (nSPS) is 23.9. The molecule has 3 heterocycles. The maximum absolute atomic E-state index is 12.0. The van der Waals surface area contributed by atoms with Crippen LogP contribution >= 0.6 is 11.3 Å². The predicted octanol–water partition coefficient (Wildman–Crippen LogP) is 0.679. The largest absolute Gasteiger partial charge is 0.316 e. The molecule has 18 heavy (non-hydrogen) atoms. The molecule has 1 unspecified atom stereocenters. The van der Waals surface area contributed by atoms with E-state index in [0.717, 1.165) is 49.8 Å². The molecule has 0 aliphatic carbocycles. The van der Waals surface area contributed by atoms with Gasteiger partial charge in [0.15, 0.2) is 5.13 Å². The Balaban J connectivity index is 1.68. The molecule has 1 aromatic heterocycles. The topological polar surface area (TPSA) is 57.3 Å². The van der Waals surface area contributed by atoms with Crippen LogP contribution in [0.5, 0.6) is 0 Å². The third-order valence-electron chi connectivity index (χ3n) is 3.58. The van der Waals surface area contributed by atoms with Crippen LogP contribution in [0.1, 0.15) is 17.0 Å². The van der Waals surface area contributed by atoms with Crippen LogP contribution in [0.15, 0.2) is 0 Å². The molecule has 1 fully saturated rings. The van der Waals surface area contributed by atoms with Crippen molar-refractivity contribution in [2.24, 2.45) is 5.92 Å². The van der Waals surface area contributed by atoms with Gasteiger partial charge in [0.2, 0.25) is 5.91 Å². The van der Waals surface area contributed by atoms with E-state index in [1.54, 1.807) is 11.3 Å². The first-order valence-corrected chi connectivity index (χ1v) is 7.23. The van der Waals surface area contributed by atoms with E-state index in [4.69, 9.17) is 0 Å². The highest BCUT2D eigenvalue weighted by molar-refractivity contribution is 7.15. The van der Waals surface area contributed by atoms with Crippen LogP contribution in [0.25, 0.3) is 0 Å². The molecule has 6 heteroatoms. The van der Waals surface area contributed by atoms with Gasteiger partial charge in [-0.1, -0.05) is 0 Å². The van der Waals surface area contributed by atoms with Crippen molar-refractivity contribution in [1.82, 2.24) is 15.2 Å². The number of aromatic nitrogens is 1. The van der Waals surface area contributed by atoms with E-state index in [2.05, 4.69) is 27.6 Å². The van der Waals surface area contributed by atoms with Gasteiger partial charge in [0.1, 0.15) is 0 Å². The number of carbonyl (C=O) groups excluding carboxylic acids is 1. The number of anilines is 1. The molecule has 5 nitrogen and oxygen atoms in total. The zero-order chi connectivity index (χ0) is 12.5. The van der Waals surface area contributed by atoms with Gasteiger partial charge in [-0.25, -0.2) is 4.98 Å². The Morgan fingerprint density at radius 3 is 3.28 bits per heavy atom. The van der Waals surface area contributed by atoms with Gasteiger partial charge >= 0.3 is 0 Å². The lowest BCUT2D eigenvalue weighted by atomic mass is 10.1. The fourth-order valence-corrected chi connectivity index (χ4v) is 3.55. The molecule has 0 radical (unpaired) electrons. The summed E-state index contributed by atoms with van der Waals surface area (Å²) in [7, 11) is 2.12. The van der Waals surface area contributed by atoms with Crippen LogP contribution in [0.4, 0.5) is 5.13 Å². The summed E-state index contributed by atoms with van der Waals surface area (Å²) in [6, 6.07) is 0. The molecule has 2 N–H and O–H groups in total. The molecule has 1 atom stereocenters. The lowest BCUT2D eigenvalue weighted by Crippen LogP contribution is -2.25. The quantitative estimate of drug-likeness (QED) is 0.826. The lowest BCUT2D eigenvalue weighted by Gasteiger charge is -2.20. The summed E-state index contributed by atoms with van der Waals surface area (Å²) in [6.07, 6.45) is 1.92. The number of thiazole rings is 1. The minimum Gasteiger partial charge on any atom is -0.316 e. The number of amides is 1. The van der Waals surface area contributed by atoms with Crippen LogP contribution < -0.4 is 10.6 Å². The molecule has 1 aromatic rings. The number of fused-ring (bicyclic) bond motifs is 1. The second-order valence-electron chi connectivity index (χ2n) is 5.06. The number of likely N-dealkylation sites (N-methyl/N-ethyl adjacent to an activating group) is 1. The first kappa shape index (κ1) is 12.1. The Hall–Kier alpha value is -0.980. The predicted molar refractivity (Wildman–Crippen MR) is 71.8 cm³/mol. The van der Waals surface area contributed by atoms with Crippen LogP contribution in [0, 0.1) is 5.92 Å². The first-order valence-electron chi connectivity index (χ1n) is 6.41. The molecule has 0 spiro atoms. The highest BCUT2D eigenvalue weighted by Crippen LogP contribution is 2.28. The molecule has 1 saturated heterocycles. The number of nitrogens with one attached hydrogen (secondary N) is 2. The average molecular weight is 266 g/mol. The van der Waals surface area contributed by atoms with E-state index in [9.17, 15) is 4.79 Å². The zero-order valence-corrected chi connectivity index (χ0v) is 11.3. The molecule has 0 saturated carbocycles. The van der Waals surface area contributed by atoms with Crippen molar-refractivity contribution >= 4 is 22.4 Å². The molecule has 2 aliphatic rings. The van der Waals surface area contributed by atoms with Gasteiger partial charge in [0.25, 0.3) is 0 Å². The molecule has 2 aliphatic heterocycles. The van der Waals surface area contributed by atoms with Crippen molar-refractivity contribution in [1.29, 1.82) is 0 Å². The number of nitrogens with zero attached hydrogens (tertiary/aromatic N) is 2. The van der Waals surface area contributed by atoms with E-state index in [1.807, 2.05) is 0 Å². The van der Waals surface area contributed by atoms with Crippen molar-refractivity contribution in [3.8, 4) is 0 Å². The molecular weight excluding hydrogens is 248 g/mol. The summed E-state index contributed by atoms with van der Waals surface area (Å²) in [6.45, 7) is 3.74. The van der Waals surface area contributed by atoms with Gasteiger partial charge in [0, 0.05) is 30.9 Å². The molecule has 0 bridgehead atoms. The van der Waals surface area contributed by atoms with Crippen molar-refractivity contribution in [3.63, 3.8) is 0 Å². The van der Waals surface area contributed by atoms with E-state index in [1.165, 1.54) is 4.88 Å². The highest BCUT2D eigenvalue weighted by atomic mass is 32.1. The van der Waals surface area contributed by atoms with Crippen molar-refractivity contribution in [2.45, 2.75) is 19.4 Å². The number of hydrogen-bond donors (Lipinski definition) is 2. The molecule has 0 aromatic carbocycles. The summed E-state index contributed by atoms with van der Waals surface area (Å²) >= 11 is 1.62. The third kappa shape index (κ3) is 2.41. The number of hydrogen-bond acceptors (Lipinski definition) is 5. The monoisotopic (exact) mass is 266 g/mol. The Kier molecular flexibility index (Phi) is 3.32. The second-order valence-corrected chi connectivity index (χ2v) is 6.14. The minimum atomic E-state index is 0.105. The zero-order valence-electron chi connectivity index (χ0n) is 10.5. The lowest BCUT2D eigenvalue weighted by molar-refractivity contribution is -0.119. The third-order valence-corrected chi connectivity index (χ3v) is 4.58. The summed E-state index contributed by atoms with van der Waals surface area (Å²) in [5, 5.41) is 6.95. The van der Waals surface area contributed by atoms with Crippen LogP contribution in [0.3, 0.4) is 0 Å². The van der Waals surface area contributed by atoms with Crippen molar-refractivity contribution in [3.05, 3.63) is 10.6 Å². The fraction of sp³-hybridized carbons (Fsp3) is 0.667. The molecule has 3 rings (SSSR count). The van der Waals surface area contributed by atoms with Crippen LogP contribution in [0.2, 0.25) is 0 Å². The Labute approximate surface area is 111 Å². The van der Waals surface area contributed by atoms with Gasteiger partial charge < -0.3 is 15.5 Å². The van der Waals surface area contributed by atoms with E-state index in [0.29, 0.717) is 0 Å². The molecular formula is C12H18N4OS. The van der Waals surface area contributed by atoms with Gasteiger partial charge in [0.05, 0.1) is 11.6 Å². The summed E-state index contributed by atoms with van der Waals surface area (Å²) < 4.78 is 0. The highest BCUT2D eigenvalue weighted by Gasteiger charge is 2.24. The molecule has 1 amide bonds. The van der Waals surface area contributed by atoms with E-state index < -0.39 is 0 Å². The minimum absolute atomic E-state index is 0.105. The van der Waals surface area contributed by atoms with Gasteiger partial charge in [-0.05, 0) is 20.0 Å². The summed E-state index contributed by atoms with van der Waals surface area (Å²) in [4.78, 5) is 20.1. The maximum Gasteiger partial charge on any atom is 0.230 e. The maximum atomic E-state index is 12.0. The van der Waals surface area contributed by atoms with Gasteiger partial charge in [-0.15, -0.1) is 11.3 Å². The summed E-state index contributed by atoms with van der Waals surface area (Å²) in [5.41, 5.74) is 1.16. The van der Waals surface area contributed by atoms with E-state index in [-0.39, 0.29) is 11.8 Å². The Morgan fingerprint density at radius 1 is 1.61 bits per heavy atom. The fourth-order valence-electron chi connectivity index (χ4n) is 2.46. The average Bonchev–Trinajstić information content (AvgIpc) is 2.95. The smallest absolute Gasteiger partial charge is 0.230 e. The Morgan fingerprint density at radius 2 is 2.50 bits per heavy atom. The summed E-state index contributed by atoms with van der Waals surface area (Å²) in [5.74, 6) is 0.216. The number of carbonyl (C=O) groups is 1.